The lowest BCUT2D eigenvalue weighted by molar-refractivity contribution is -0.00467. The Morgan fingerprint density at radius 1 is 1.53 bits per heavy atom. The summed E-state index contributed by atoms with van der Waals surface area (Å²) in [4.78, 5) is 2.30. The highest BCUT2D eigenvalue weighted by atomic mass is 16.5. The molecule has 1 aliphatic rings. The maximum Gasteiger partial charge on any atom is 0.162 e. The number of ether oxygens (including phenoxy) is 2. The van der Waals surface area contributed by atoms with Crippen LogP contribution in [-0.2, 0) is 11.3 Å². The molecule has 17 heavy (non-hydrogen) atoms. The number of methoxy groups -OCH3 is 1. The average Bonchev–Trinajstić information content (AvgIpc) is 2.34. The van der Waals surface area contributed by atoms with Crippen molar-refractivity contribution < 1.29 is 14.6 Å². The average molecular weight is 237 g/mol. The Labute approximate surface area is 102 Å². The Morgan fingerprint density at radius 2 is 2.35 bits per heavy atom. The molecule has 1 N–H and O–H groups in total. The van der Waals surface area contributed by atoms with Crippen molar-refractivity contribution in [2.75, 3.05) is 26.9 Å². The molecule has 1 unspecified atom stereocenters. The van der Waals surface area contributed by atoms with Crippen molar-refractivity contribution in [3.8, 4) is 11.5 Å². The second kappa shape index (κ2) is 5.38. The fraction of sp³-hybridized carbons (Fsp3) is 0.538. The van der Waals surface area contributed by atoms with E-state index in [2.05, 4.69) is 11.8 Å². The summed E-state index contributed by atoms with van der Waals surface area (Å²) < 4.78 is 10.5. The predicted molar refractivity (Wildman–Crippen MR) is 65.3 cm³/mol. The van der Waals surface area contributed by atoms with Crippen LogP contribution in [0.5, 0.6) is 11.5 Å². The molecular weight excluding hydrogens is 218 g/mol. The third-order valence-electron chi connectivity index (χ3n) is 3.18. The lowest BCUT2D eigenvalue weighted by Crippen LogP contribution is -2.42. The summed E-state index contributed by atoms with van der Waals surface area (Å²) in [5.74, 6) is 0.775. The third kappa shape index (κ3) is 2.70. The van der Waals surface area contributed by atoms with Gasteiger partial charge < -0.3 is 14.6 Å². The molecule has 0 aliphatic carbocycles. The molecule has 1 aromatic carbocycles. The molecule has 1 saturated heterocycles. The summed E-state index contributed by atoms with van der Waals surface area (Å²) in [5.41, 5.74) is 0.901. The summed E-state index contributed by atoms with van der Waals surface area (Å²) >= 11 is 0. The Kier molecular flexibility index (Phi) is 3.86. The summed E-state index contributed by atoms with van der Waals surface area (Å²) in [6, 6.07) is 5.98. The van der Waals surface area contributed by atoms with Crippen molar-refractivity contribution >= 4 is 0 Å². The summed E-state index contributed by atoms with van der Waals surface area (Å²) in [6.45, 7) is 5.28. The van der Waals surface area contributed by atoms with Crippen molar-refractivity contribution in [1.29, 1.82) is 0 Å². The fourth-order valence-corrected chi connectivity index (χ4v) is 2.08. The molecular formula is C13H19NO3. The minimum Gasteiger partial charge on any atom is -0.504 e. The number of aromatic hydroxyl groups is 1. The number of nitrogens with zero attached hydrogens (tertiary/aromatic N) is 1. The summed E-state index contributed by atoms with van der Waals surface area (Å²) in [7, 11) is 1.57. The maximum atomic E-state index is 10.0. The number of hydrogen-bond donors (Lipinski definition) is 1. The van der Waals surface area contributed by atoms with Crippen molar-refractivity contribution in [1.82, 2.24) is 4.90 Å². The van der Waals surface area contributed by atoms with Crippen LogP contribution in [0, 0.1) is 0 Å². The lowest BCUT2D eigenvalue weighted by Gasteiger charge is -2.33. The van der Waals surface area contributed by atoms with E-state index in [0.29, 0.717) is 11.8 Å². The number of morpholine rings is 1. The van der Waals surface area contributed by atoms with E-state index in [-0.39, 0.29) is 5.75 Å². The molecule has 0 bridgehead atoms. The zero-order valence-corrected chi connectivity index (χ0v) is 10.3. The van der Waals surface area contributed by atoms with Crippen LogP contribution in [0.25, 0.3) is 0 Å². The standard InChI is InChI=1S/C13H19NO3/c1-10-9-17-7-6-14(10)8-11-4-3-5-12(16-2)13(11)15/h3-5,10,15H,6-9H2,1-2H3. The van der Waals surface area contributed by atoms with Crippen molar-refractivity contribution in [3.05, 3.63) is 23.8 Å². The van der Waals surface area contributed by atoms with E-state index in [1.165, 1.54) is 0 Å². The van der Waals surface area contributed by atoms with Gasteiger partial charge in [-0.25, -0.2) is 0 Å². The van der Waals surface area contributed by atoms with Crippen LogP contribution in [0.1, 0.15) is 12.5 Å². The SMILES string of the molecule is COc1cccc(CN2CCOCC2C)c1O. The molecule has 1 aromatic rings. The van der Waals surface area contributed by atoms with Crippen LogP contribution in [-0.4, -0.2) is 42.9 Å². The molecule has 0 radical (unpaired) electrons. The lowest BCUT2D eigenvalue weighted by atomic mass is 10.1. The van der Waals surface area contributed by atoms with Crippen molar-refractivity contribution in [3.63, 3.8) is 0 Å². The summed E-state index contributed by atoms with van der Waals surface area (Å²) in [5, 5.41) is 10.0. The molecule has 2 rings (SSSR count). The molecule has 1 heterocycles. The number of hydrogen-bond acceptors (Lipinski definition) is 4. The maximum absolute atomic E-state index is 10.0. The minimum absolute atomic E-state index is 0.244. The van der Waals surface area contributed by atoms with Gasteiger partial charge in [0.25, 0.3) is 0 Å². The third-order valence-corrected chi connectivity index (χ3v) is 3.18. The van der Waals surface area contributed by atoms with Gasteiger partial charge in [0.05, 0.1) is 20.3 Å². The van der Waals surface area contributed by atoms with Crippen LogP contribution in [0.4, 0.5) is 0 Å². The molecule has 4 nitrogen and oxygen atoms in total. The Morgan fingerprint density at radius 3 is 3.06 bits per heavy atom. The van der Waals surface area contributed by atoms with E-state index in [0.717, 1.165) is 31.9 Å². The molecule has 0 saturated carbocycles. The van der Waals surface area contributed by atoms with Gasteiger partial charge in [-0.1, -0.05) is 12.1 Å². The van der Waals surface area contributed by atoms with Gasteiger partial charge in [0.1, 0.15) is 0 Å². The molecule has 4 heteroatoms. The van der Waals surface area contributed by atoms with E-state index in [9.17, 15) is 5.11 Å². The van der Waals surface area contributed by atoms with Crippen molar-refractivity contribution in [2.24, 2.45) is 0 Å². The van der Waals surface area contributed by atoms with Gasteiger partial charge in [0.15, 0.2) is 11.5 Å². The number of benzene rings is 1. The van der Waals surface area contributed by atoms with Gasteiger partial charge >= 0.3 is 0 Å². The normalized spacial score (nSPS) is 21.4. The quantitative estimate of drug-likeness (QED) is 0.867. The van der Waals surface area contributed by atoms with Crippen LogP contribution in [0.15, 0.2) is 18.2 Å². The smallest absolute Gasteiger partial charge is 0.162 e. The molecule has 1 atom stereocenters. The van der Waals surface area contributed by atoms with Gasteiger partial charge in [-0.2, -0.15) is 0 Å². The van der Waals surface area contributed by atoms with E-state index < -0.39 is 0 Å². The Bertz CT molecular complexity index is 381. The zero-order valence-electron chi connectivity index (χ0n) is 10.3. The highest BCUT2D eigenvalue weighted by molar-refractivity contribution is 5.45. The second-order valence-corrected chi connectivity index (χ2v) is 4.36. The van der Waals surface area contributed by atoms with Gasteiger partial charge in [-0.3, -0.25) is 4.90 Å². The Balaban J connectivity index is 2.12. The Hall–Kier alpha value is -1.26. The molecule has 0 aromatic heterocycles. The number of rotatable bonds is 3. The van der Waals surface area contributed by atoms with Crippen LogP contribution >= 0.6 is 0 Å². The van der Waals surface area contributed by atoms with Gasteiger partial charge in [0, 0.05) is 24.7 Å². The first-order valence-electron chi connectivity index (χ1n) is 5.89. The first kappa shape index (κ1) is 12.2. The zero-order chi connectivity index (χ0) is 12.3. The van der Waals surface area contributed by atoms with E-state index >= 15 is 0 Å². The van der Waals surface area contributed by atoms with Crippen LogP contribution in [0.2, 0.25) is 0 Å². The number of phenols is 1. The monoisotopic (exact) mass is 237 g/mol. The largest absolute Gasteiger partial charge is 0.504 e. The second-order valence-electron chi connectivity index (χ2n) is 4.36. The molecule has 0 amide bonds. The highest BCUT2D eigenvalue weighted by Gasteiger charge is 2.20. The molecule has 0 spiro atoms. The number of para-hydroxylation sites is 1. The first-order valence-corrected chi connectivity index (χ1v) is 5.89. The van der Waals surface area contributed by atoms with E-state index in [4.69, 9.17) is 9.47 Å². The van der Waals surface area contributed by atoms with Crippen LogP contribution in [0.3, 0.4) is 0 Å². The van der Waals surface area contributed by atoms with Gasteiger partial charge in [0.2, 0.25) is 0 Å². The topological polar surface area (TPSA) is 41.9 Å². The van der Waals surface area contributed by atoms with E-state index in [1.54, 1.807) is 13.2 Å². The molecule has 1 fully saturated rings. The fourth-order valence-electron chi connectivity index (χ4n) is 2.08. The summed E-state index contributed by atoms with van der Waals surface area (Å²) in [6.07, 6.45) is 0. The molecule has 1 aliphatic heterocycles. The molecule has 94 valence electrons. The van der Waals surface area contributed by atoms with Gasteiger partial charge in [-0.15, -0.1) is 0 Å². The highest BCUT2D eigenvalue weighted by Crippen LogP contribution is 2.30. The van der Waals surface area contributed by atoms with Crippen molar-refractivity contribution in [2.45, 2.75) is 19.5 Å². The number of phenolic OH excluding ortho intramolecular Hbond substituents is 1. The minimum atomic E-state index is 0.244. The van der Waals surface area contributed by atoms with Gasteiger partial charge in [-0.05, 0) is 13.0 Å². The van der Waals surface area contributed by atoms with Crippen LogP contribution < -0.4 is 4.74 Å². The van der Waals surface area contributed by atoms with E-state index in [1.807, 2.05) is 12.1 Å². The predicted octanol–water partition coefficient (Wildman–Crippen LogP) is 1.62. The first-order chi connectivity index (χ1) is 8.22.